The van der Waals surface area contributed by atoms with Crippen molar-refractivity contribution in [2.45, 2.75) is 31.7 Å². The third kappa shape index (κ3) is 6.13. The standard InChI is InChI=1S/C19H33N5O.HI/c1-20-19(21-14-16-7-11-23(2)12-8-16)22-15-17(18-6-5-13-25-18)24-9-3-4-10-24;/h5-6,13,16-17H,3-4,7-12,14-15H2,1-2H3,(H2,20,21,22);1H. The number of furan rings is 1. The zero-order valence-corrected chi connectivity index (χ0v) is 18.4. The van der Waals surface area contributed by atoms with Gasteiger partial charge in [0.25, 0.3) is 0 Å². The summed E-state index contributed by atoms with van der Waals surface area (Å²) < 4.78 is 5.69. The largest absolute Gasteiger partial charge is 0.468 e. The molecule has 3 heterocycles. The Balaban J connectivity index is 0.00000243. The Morgan fingerprint density at radius 2 is 1.96 bits per heavy atom. The van der Waals surface area contributed by atoms with Gasteiger partial charge in [0.1, 0.15) is 5.76 Å². The Bertz CT molecular complexity index is 522. The quantitative estimate of drug-likeness (QED) is 0.377. The van der Waals surface area contributed by atoms with E-state index in [4.69, 9.17) is 4.42 Å². The zero-order chi connectivity index (χ0) is 17.5. The van der Waals surface area contributed by atoms with E-state index in [1.807, 2.05) is 13.1 Å². The molecule has 0 spiro atoms. The molecule has 26 heavy (non-hydrogen) atoms. The molecule has 0 saturated carbocycles. The predicted molar refractivity (Wildman–Crippen MR) is 117 cm³/mol. The molecule has 0 amide bonds. The highest BCUT2D eigenvalue weighted by Gasteiger charge is 2.25. The lowest BCUT2D eigenvalue weighted by atomic mass is 9.97. The summed E-state index contributed by atoms with van der Waals surface area (Å²) in [7, 11) is 4.05. The van der Waals surface area contributed by atoms with Gasteiger partial charge in [-0.3, -0.25) is 9.89 Å². The van der Waals surface area contributed by atoms with Gasteiger partial charge in [-0.2, -0.15) is 0 Å². The van der Waals surface area contributed by atoms with Crippen LogP contribution in [0.5, 0.6) is 0 Å². The number of piperidine rings is 1. The SMILES string of the molecule is CN=C(NCC1CCN(C)CC1)NCC(c1ccco1)N1CCCC1.I. The van der Waals surface area contributed by atoms with Crippen LogP contribution >= 0.6 is 24.0 Å². The molecule has 0 bridgehead atoms. The van der Waals surface area contributed by atoms with E-state index in [0.29, 0.717) is 0 Å². The minimum Gasteiger partial charge on any atom is -0.468 e. The first-order valence-corrected chi connectivity index (χ1v) is 9.67. The Labute approximate surface area is 174 Å². The van der Waals surface area contributed by atoms with Crippen molar-refractivity contribution < 1.29 is 4.42 Å². The molecule has 6 nitrogen and oxygen atoms in total. The van der Waals surface area contributed by atoms with E-state index >= 15 is 0 Å². The van der Waals surface area contributed by atoms with E-state index < -0.39 is 0 Å². The maximum absolute atomic E-state index is 5.69. The Kier molecular flexibility index (Phi) is 9.21. The Morgan fingerprint density at radius 1 is 1.23 bits per heavy atom. The van der Waals surface area contributed by atoms with Crippen molar-refractivity contribution in [3.63, 3.8) is 0 Å². The third-order valence-corrected chi connectivity index (χ3v) is 5.54. The molecule has 2 saturated heterocycles. The average Bonchev–Trinajstić information content (AvgIpc) is 3.33. The highest BCUT2D eigenvalue weighted by molar-refractivity contribution is 14.0. The van der Waals surface area contributed by atoms with Gasteiger partial charge < -0.3 is 20.0 Å². The molecule has 2 aliphatic rings. The van der Waals surface area contributed by atoms with Crippen LogP contribution in [0.4, 0.5) is 0 Å². The molecule has 0 aromatic carbocycles. The number of halogens is 1. The monoisotopic (exact) mass is 475 g/mol. The lowest BCUT2D eigenvalue weighted by Gasteiger charge is -2.30. The van der Waals surface area contributed by atoms with Crippen LogP contribution in [-0.2, 0) is 0 Å². The first-order valence-electron chi connectivity index (χ1n) is 9.67. The van der Waals surface area contributed by atoms with Crippen LogP contribution in [0.1, 0.15) is 37.5 Å². The molecule has 2 fully saturated rings. The lowest BCUT2D eigenvalue weighted by molar-refractivity contribution is 0.213. The van der Waals surface area contributed by atoms with Crippen LogP contribution in [-0.4, -0.2) is 69.1 Å². The fourth-order valence-electron chi connectivity index (χ4n) is 3.86. The van der Waals surface area contributed by atoms with Crippen molar-refractivity contribution in [2.24, 2.45) is 10.9 Å². The minimum absolute atomic E-state index is 0. The van der Waals surface area contributed by atoms with Crippen molar-refractivity contribution >= 4 is 29.9 Å². The van der Waals surface area contributed by atoms with Crippen molar-refractivity contribution in [3.05, 3.63) is 24.2 Å². The second-order valence-corrected chi connectivity index (χ2v) is 7.35. The van der Waals surface area contributed by atoms with Crippen LogP contribution < -0.4 is 10.6 Å². The van der Waals surface area contributed by atoms with Crippen LogP contribution in [0, 0.1) is 5.92 Å². The fraction of sp³-hybridized carbons (Fsp3) is 0.737. The van der Waals surface area contributed by atoms with Gasteiger partial charge in [-0.05, 0) is 77.0 Å². The van der Waals surface area contributed by atoms with E-state index in [1.54, 1.807) is 6.26 Å². The van der Waals surface area contributed by atoms with Crippen LogP contribution in [0.2, 0.25) is 0 Å². The molecule has 1 aromatic rings. The second-order valence-electron chi connectivity index (χ2n) is 7.35. The topological polar surface area (TPSA) is 56.0 Å². The number of hydrogen-bond acceptors (Lipinski definition) is 4. The molecular formula is C19H34IN5O. The molecule has 0 aliphatic carbocycles. The summed E-state index contributed by atoms with van der Waals surface area (Å²) in [6, 6.07) is 4.34. The molecule has 0 radical (unpaired) electrons. The van der Waals surface area contributed by atoms with Gasteiger partial charge >= 0.3 is 0 Å². The van der Waals surface area contributed by atoms with E-state index in [1.165, 1.54) is 38.8 Å². The summed E-state index contributed by atoms with van der Waals surface area (Å²) in [5, 5.41) is 7.03. The number of nitrogens with zero attached hydrogens (tertiary/aromatic N) is 3. The lowest BCUT2D eigenvalue weighted by Crippen LogP contribution is -2.45. The number of aliphatic imine (C=N–C) groups is 1. The van der Waals surface area contributed by atoms with Crippen molar-refractivity contribution in [3.8, 4) is 0 Å². The molecule has 3 rings (SSSR count). The van der Waals surface area contributed by atoms with Gasteiger partial charge in [0.15, 0.2) is 5.96 Å². The maximum atomic E-state index is 5.69. The van der Waals surface area contributed by atoms with Gasteiger partial charge in [0, 0.05) is 20.1 Å². The van der Waals surface area contributed by atoms with Gasteiger partial charge in [0.05, 0.1) is 12.3 Å². The Morgan fingerprint density at radius 3 is 2.58 bits per heavy atom. The fourth-order valence-corrected chi connectivity index (χ4v) is 3.86. The normalized spacial score (nSPS) is 21.4. The molecule has 2 aliphatic heterocycles. The highest BCUT2D eigenvalue weighted by Crippen LogP contribution is 2.24. The first kappa shape index (κ1) is 21.5. The number of likely N-dealkylation sites (tertiary alicyclic amines) is 2. The average molecular weight is 475 g/mol. The second kappa shape index (κ2) is 11.1. The van der Waals surface area contributed by atoms with Gasteiger partial charge in [-0.1, -0.05) is 0 Å². The van der Waals surface area contributed by atoms with Gasteiger partial charge in [-0.25, -0.2) is 0 Å². The Hall–Kier alpha value is -0.800. The van der Waals surface area contributed by atoms with Crippen LogP contribution in [0.25, 0.3) is 0 Å². The van der Waals surface area contributed by atoms with E-state index in [9.17, 15) is 0 Å². The van der Waals surface area contributed by atoms with Gasteiger partial charge in [-0.15, -0.1) is 24.0 Å². The molecule has 7 heteroatoms. The zero-order valence-electron chi connectivity index (χ0n) is 16.1. The highest BCUT2D eigenvalue weighted by atomic mass is 127. The summed E-state index contributed by atoms with van der Waals surface area (Å²) >= 11 is 0. The predicted octanol–water partition coefficient (Wildman–Crippen LogP) is 2.54. The number of rotatable bonds is 6. The smallest absolute Gasteiger partial charge is 0.191 e. The van der Waals surface area contributed by atoms with Crippen molar-refractivity contribution in [2.75, 3.05) is 53.4 Å². The number of nitrogens with one attached hydrogen (secondary N) is 2. The summed E-state index contributed by atoms with van der Waals surface area (Å²) in [4.78, 5) is 9.32. The van der Waals surface area contributed by atoms with Gasteiger partial charge in [0.2, 0.25) is 0 Å². The number of hydrogen-bond donors (Lipinski definition) is 2. The van der Waals surface area contributed by atoms with Crippen LogP contribution in [0.15, 0.2) is 27.8 Å². The number of guanidine groups is 1. The molecule has 148 valence electrons. The van der Waals surface area contributed by atoms with Crippen molar-refractivity contribution in [1.82, 2.24) is 20.4 Å². The first-order chi connectivity index (χ1) is 12.3. The van der Waals surface area contributed by atoms with E-state index in [0.717, 1.165) is 43.8 Å². The van der Waals surface area contributed by atoms with E-state index in [2.05, 4.69) is 38.5 Å². The molecule has 1 atom stereocenters. The molecule has 2 N–H and O–H groups in total. The summed E-state index contributed by atoms with van der Waals surface area (Å²) in [5.74, 6) is 2.68. The summed E-state index contributed by atoms with van der Waals surface area (Å²) in [5.41, 5.74) is 0. The molecule has 1 aromatic heterocycles. The summed E-state index contributed by atoms with van der Waals surface area (Å²) in [6.45, 7) is 6.52. The summed E-state index contributed by atoms with van der Waals surface area (Å²) in [6.07, 6.45) is 6.86. The van der Waals surface area contributed by atoms with Crippen molar-refractivity contribution in [1.29, 1.82) is 0 Å². The maximum Gasteiger partial charge on any atom is 0.191 e. The third-order valence-electron chi connectivity index (χ3n) is 5.54. The minimum atomic E-state index is 0. The molecular weight excluding hydrogens is 441 g/mol. The molecule has 1 unspecified atom stereocenters. The van der Waals surface area contributed by atoms with E-state index in [-0.39, 0.29) is 30.0 Å². The van der Waals surface area contributed by atoms with Crippen LogP contribution in [0.3, 0.4) is 0 Å².